The van der Waals surface area contributed by atoms with Gasteiger partial charge in [-0.1, -0.05) is 42.8 Å². The van der Waals surface area contributed by atoms with E-state index in [0.29, 0.717) is 6.04 Å². The number of halogens is 1. The van der Waals surface area contributed by atoms with Crippen molar-refractivity contribution in [3.05, 3.63) is 64.7 Å². The van der Waals surface area contributed by atoms with Crippen LogP contribution >= 0.6 is 23.4 Å². The van der Waals surface area contributed by atoms with Gasteiger partial charge < -0.3 is 5.32 Å². The Morgan fingerprint density at radius 3 is 2.70 bits per heavy atom. The molecule has 2 rings (SSSR count). The van der Waals surface area contributed by atoms with Crippen LogP contribution in [-0.2, 0) is 5.75 Å². The molecule has 20 heavy (non-hydrogen) atoms. The van der Waals surface area contributed by atoms with E-state index in [-0.39, 0.29) is 0 Å². The van der Waals surface area contributed by atoms with Crippen molar-refractivity contribution in [1.29, 1.82) is 0 Å². The minimum Gasteiger partial charge on any atom is -0.310 e. The number of benzene rings is 2. The van der Waals surface area contributed by atoms with E-state index in [4.69, 9.17) is 11.6 Å². The van der Waals surface area contributed by atoms with Crippen molar-refractivity contribution in [2.75, 3.05) is 6.54 Å². The molecule has 106 valence electrons. The van der Waals surface area contributed by atoms with E-state index in [0.717, 1.165) is 17.3 Å². The number of hydrogen-bond donors (Lipinski definition) is 1. The summed E-state index contributed by atoms with van der Waals surface area (Å²) < 4.78 is 0. The maximum absolute atomic E-state index is 6.01. The van der Waals surface area contributed by atoms with E-state index >= 15 is 0 Å². The third-order valence-electron chi connectivity index (χ3n) is 3.16. The first kappa shape index (κ1) is 15.4. The molecule has 0 heterocycles. The molecule has 0 saturated carbocycles. The molecule has 0 radical (unpaired) electrons. The quantitative estimate of drug-likeness (QED) is 0.727. The van der Waals surface area contributed by atoms with Crippen molar-refractivity contribution in [2.45, 2.75) is 30.5 Å². The van der Waals surface area contributed by atoms with E-state index in [1.807, 2.05) is 30.0 Å². The summed E-state index contributed by atoms with van der Waals surface area (Å²) in [6.45, 7) is 5.32. The van der Waals surface area contributed by atoms with Gasteiger partial charge in [-0.05, 0) is 48.9 Å². The second-order valence-corrected chi connectivity index (χ2v) is 6.26. The summed E-state index contributed by atoms with van der Waals surface area (Å²) >= 11 is 7.86. The highest BCUT2D eigenvalue weighted by molar-refractivity contribution is 7.98. The van der Waals surface area contributed by atoms with Crippen LogP contribution in [0.3, 0.4) is 0 Å². The van der Waals surface area contributed by atoms with Crippen molar-refractivity contribution in [3.63, 3.8) is 0 Å². The summed E-state index contributed by atoms with van der Waals surface area (Å²) in [6.07, 6.45) is 0. The Bertz CT molecular complexity index is 556. The van der Waals surface area contributed by atoms with Gasteiger partial charge in [0.25, 0.3) is 0 Å². The lowest BCUT2D eigenvalue weighted by molar-refractivity contribution is 0.597. The molecule has 1 atom stereocenters. The largest absolute Gasteiger partial charge is 0.310 e. The lowest BCUT2D eigenvalue weighted by atomic mass is 10.1. The van der Waals surface area contributed by atoms with Crippen molar-refractivity contribution >= 4 is 23.4 Å². The Balaban J connectivity index is 2.01. The van der Waals surface area contributed by atoms with E-state index < -0.39 is 0 Å². The highest BCUT2D eigenvalue weighted by atomic mass is 35.5. The third kappa shape index (κ3) is 4.55. The van der Waals surface area contributed by atoms with Gasteiger partial charge in [0.1, 0.15) is 0 Å². The van der Waals surface area contributed by atoms with Gasteiger partial charge in [0, 0.05) is 21.7 Å². The zero-order valence-electron chi connectivity index (χ0n) is 11.9. The lowest BCUT2D eigenvalue weighted by Gasteiger charge is -2.13. The van der Waals surface area contributed by atoms with Crippen molar-refractivity contribution in [3.8, 4) is 0 Å². The molecular formula is C17H20ClNS. The molecule has 0 saturated heterocycles. The summed E-state index contributed by atoms with van der Waals surface area (Å²) in [7, 11) is 0. The first-order valence-electron chi connectivity index (χ1n) is 6.89. The Morgan fingerprint density at radius 1 is 1.15 bits per heavy atom. The van der Waals surface area contributed by atoms with Crippen LogP contribution in [0.2, 0.25) is 5.02 Å². The SMILES string of the molecule is CCNC(C)c1cccc(SCc2cccc(Cl)c2)c1. The van der Waals surface area contributed by atoms with E-state index in [2.05, 4.69) is 49.5 Å². The van der Waals surface area contributed by atoms with E-state index in [1.54, 1.807) is 0 Å². The summed E-state index contributed by atoms with van der Waals surface area (Å²) in [5.41, 5.74) is 2.59. The smallest absolute Gasteiger partial charge is 0.0409 e. The average molecular weight is 306 g/mol. The van der Waals surface area contributed by atoms with Gasteiger partial charge in [-0.3, -0.25) is 0 Å². The van der Waals surface area contributed by atoms with Gasteiger partial charge in [-0.15, -0.1) is 11.8 Å². The summed E-state index contributed by atoms with van der Waals surface area (Å²) in [5.74, 6) is 0.944. The van der Waals surface area contributed by atoms with Crippen LogP contribution in [0, 0.1) is 0 Å². The van der Waals surface area contributed by atoms with Crippen LogP contribution in [0.4, 0.5) is 0 Å². The lowest BCUT2D eigenvalue weighted by Crippen LogP contribution is -2.17. The molecule has 0 fully saturated rings. The van der Waals surface area contributed by atoms with Crippen LogP contribution in [0.15, 0.2) is 53.4 Å². The highest BCUT2D eigenvalue weighted by Crippen LogP contribution is 2.26. The molecule has 0 aliphatic heterocycles. The van der Waals surface area contributed by atoms with Crippen molar-refractivity contribution < 1.29 is 0 Å². The molecule has 2 aromatic rings. The second kappa shape index (κ2) is 7.72. The minimum absolute atomic E-state index is 0.395. The fraction of sp³-hybridized carbons (Fsp3) is 0.294. The molecule has 0 spiro atoms. The van der Waals surface area contributed by atoms with E-state index in [1.165, 1.54) is 16.0 Å². The zero-order valence-corrected chi connectivity index (χ0v) is 13.5. The Morgan fingerprint density at radius 2 is 1.95 bits per heavy atom. The normalized spacial score (nSPS) is 12.3. The Kier molecular flexibility index (Phi) is 5.96. The first-order valence-corrected chi connectivity index (χ1v) is 8.26. The molecule has 0 amide bonds. The molecular weight excluding hydrogens is 286 g/mol. The number of nitrogens with one attached hydrogen (secondary N) is 1. The van der Waals surface area contributed by atoms with Crippen LogP contribution in [0.1, 0.15) is 31.0 Å². The standard InChI is InChI=1S/C17H20ClNS/c1-3-19-13(2)15-7-5-9-17(11-15)20-12-14-6-4-8-16(18)10-14/h4-11,13,19H,3,12H2,1-2H3. The van der Waals surface area contributed by atoms with Crippen LogP contribution in [0.25, 0.3) is 0 Å². The van der Waals surface area contributed by atoms with Crippen molar-refractivity contribution in [1.82, 2.24) is 5.32 Å². The summed E-state index contributed by atoms with van der Waals surface area (Å²) in [4.78, 5) is 1.30. The fourth-order valence-electron chi connectivity index (χ4n) is 2.09. The molecule has 1 unspecified atom stereocenters. The van der Waals surface area contributed by atoms with Crippen molar-refractivity contribution in [2.24, 2.45) is 0 Å². The second-order valence-electron chi connectivity index (χ2n) is 4.77. The van der Waals surface area contributed by atoms with Gasteiger partial charge in [-0.25, -0.2) is 0 Å². The number of rotatable bonds is 6. The molecule has 0 bridgehead atoms. The van der Waals surface area contributed by atoms with Crippen LogP contribution < -0.4 is 5.32 Å². The molecule has 3 heteroatoms. The average Bonchev–Trinajstić information content (AvgIpc) is 2.46. The van der Waals surface area contributed by atoms with Gasteiger partial charge in [0.15, 0.2) is 0 Å². The molecule has 1 N–H and O–H groups in total. The van der Waals surface area contributed by atoms with Gasteiger partial charge in [0.2, 0.25) is 0 Å². The monoisotopic (exact) mass is 305 g/mol. The molecule has 0 aliphatic carbocycles. The maximum Gasteiger partial charge on any atom is 0.0409 e. The van der Waals surface area contributed by atoms with Crippen LogP contribution in [0.5, 0.6) is 0 Å². The van der Waals surface area contributed by atoms with Crippen LogP contribution in [-0.4, -0.2) is 6.54 Å². The third-order valence-corrected chi connectivity index (χ3v) is 4.46. The molecule has 2 aromatic carbocycles. The number of hydrogen-bond acceptors (Lipinski definition) is 2. The Hall–Kier alpha value is -0.960. The van der Waals surface area contributed by atoms with Gasteiger partial charge in [0.05, 0.1) is 0 Å². The minimum atomic E-state index is 0.395. The topological polar surface area (TPSA) is 12.0 Å². The zero-order chi connectivity index (χ0) is 14.4. The molecule has 0 aliphatic rings. The molecule has 0 aromatic heterocycles. The first-order chi connectivity index (χ1) is 9.69. The highest BCUT2D eigenvalue weighted by Gasteiger charge is 2.05. The van der Waals surface area contributed by atoms with Gasteiger partial charge >= 0.3 is 0 Å². The summed E-state index contributed by atoms with van der Waals surface area (Å²) in [5, 5.41) is 4.25. The molecule has 1 nitrogen and oxygen atoms in total. The summed E-state index contributed by atoms with van der Waals surface area (Å²) in [6, 6.07) is 17.2. The Labute approximate surface area is 130 Å². The van der Waals surface area contributed by atoms with E-state index in [9.17, 15) is 0 Å². The predicted molar refractivity (Wildman–Crippen MR) is 89.5 cm³/mol. The maximum atomic E-state index is 6.01. The van der Waals surface area contributed by atoms with Gasteiger partial charge in [-0.2, -0.15) is 0 Å². The fourth-order valence-corrected chi connectivity index (χ4v) is 3.21. The predicted octanol–water partition coefficient (Wildman–Crippen LogP) is 5.30. The number of thioether (sulfide) groups is 1.